The molecule has 1 rings (SSSR count). The van der Waals surface area contributed by atoms with Gasteiger partial charge in [0.15, 0.2) is 5.92 Å². The van der Waals surface area contributed by atoms with Crippen molar-refractivity contribution in [1.29, 1.82) is 0 Å². The lowest BCUT2D eigenvalue weighted by atomic mass is 9.93. The monoisotopic (exact) mass is 252 g/mol. The lowest BCUT2D eigenvalue weighted by Gasteiger charge is -2.14. The number of ether oxygens (including phenoxy) is 1. The standard InChI is InChI=1S/C13H16O5/c1-7-8(2)11(18-3)5-4-9(7)6-10(12(14)15)13(16)17/h4-5,10H,6H2,1-3H3,(H,14,15)(H,16,17). The molecule has 0 aliphatic rings. The molecular formula is C13H16O5. The highest BCUT2D eigenvalue weighted by Crippen LogP contribution is 2.25. The fourth-order valence-corrected chi connectivity index (χ4v) is 1.79. The summed E-state index contributed by atoms with van der Waals surface area (Å²) in [6.45, 7) is 3.68. The number of hydrogen-bond donors (Lipinski definition) is 2. The minimum atomic E-state index is -1.42. The van der Waals surface area contributed by atoms with E-state index in [0.29, 0.717) is 11.3 Å². The van der Waals surface area contributed by atoms with Crippen LogP contribution in [0.2, 0.25) is 0 Å². The molecule has 0 spiro atoms. The van der Waals surface area contributed by atoms with Gasteiger partial charge < -0.3 is 14.9 Å². The first-order chi connectivity index (χ1) is 8.38. The molecule has 0 bridgehead atoms. The summed E-state index contributed by atoms with van der Waals surface area (Å²) < 4.78 is 5.15. The smallest absolute Gasteiger partial charge is 0.318 e. The third-order valence-electron chi connectivity index (χ3n) is 3.09. The van der Waals surface area contributed by atoms with Gasteiger partial charge in [0.25, 0.3) is 0 Å². The van der Waals surface area contributed by atoms with Gasteiger partial charge in [-0.05, 0) is 43.0 Å². The van der Waals surface area contributed by atoms with Crippen LogP contribution in [0.1, 0.15) is 16.7 Å². The van der Waals surface area contributed by atoms with Gasteiger partial charge in [-0.2, -0.15) is 0 Å². The van der Waals surface area contributed by atoms with E-state index in [-0.39, 0.29) is 6.42 Å². The minimum Gasteiger partial charge on any atom is -0.496 e. The number of aliphatic carboxylic acids is 2. The molecule has 18 heavy (non-hydrogen) atoms. The van der Waals surface area contributed by atoms with Crippen LogP contribution in [0.3, 0.4) is 0 Å². The lowest BCUT2D eigenvalue weighted by Crippen LogP contribution is -2.25. The Bertz CT molecular complexity index is 465. The van der Waals surface area contributed by atoms with Gasteiger partial charge in [0, 0.05) is 0 Å². The van der Waals surface area contributed by atoms with Gasteiger partial charge in [-0.3, -0.25) is 9.59 Å². The minimum absolute atomic E-state index is 0.0265. The van der Waals surface area contributed by atoms with E-state index in [4.69, 9.17) is 14.9 Å². The molecule has 0 atom stereocenters. The number of carboxylic acids is 2. The average molecular weight is 252 g/mol. The second kappa shape index (κ2) is 5.53. The van der Waals surface area contributed by atoms with E-state index in [1.54, 1.807) is 19.2 Å². The van der Waals surface area contributed by atoms with Gasteiger partial charge >= 0.3 is 11.9 Å². The molecule has 0 aliphatic heterocycles. The fourth-order valence-electron chi connectivity index (χ4n) is 1.79. The zero-order valence-electron chi connectivity index (χ0n) is 10.6. The topological polar surface area (TPSA) is 83.8 Å². The fraction of sp³-hybridized carbons (Fsp3) is 0.385. The van der Waals surface area contributed by atoms with Crippen molar-refractivity contribution in [3.63, 3.8) is 0 Å². The molecule has 2 N–H and O–H groups in total. The normalized spacial score (nSPS) is 10.4. The Balaban J connectivity index is 3.08. The Labute approximate surface area is 105 Å². The van der Waals surface area contributed by atoms with Gasteiger partial charge in [-0.1, -0.05) is 6.07 Å². The molecule has 5 nitrogen and oxygen atoms in total. The van der Waals surface area contributed by atoms with Crippen molar-refractivity contribution >= 4 is 11.9 Å². The van der Waals surface area contributed by atoms with Gasteiger partial charge in [-0.25, -0.2) is 0 Å². The Kier molecular flexibility index (Phi) is 4.31. The molecule has 1 aromatic rings. The number of benzene rings is 1. The van der Waals surface area contributed by atoms with Crippen LogP contribution >= 0.6 is 0 Å². The van der Waals surface area contributed by atoms with Crippen LogP contribution in [0, 0.1) is 19.8 Å². The van der Waals surface area contributed by atoms with Crippen molar-refractivity contribution in [3.05, 3.63) is 28.8 Å². The van der Waals surface area contributed by atoms with Crippen LogP contribution in [-0.4, -0.2) is 29.3 Å². The molecule has 0 saturated heterocycles. The SMILES string of the molecule is COc1ccc(CC(C(=O)O)C(=O)O)c(C)c1C. The van der Waals surface area contributed by atoms with E-state index in [1.165, 1.54) is 0 Å². The molecule has 0 saturated carbocycles. The van der Waals surface area contributed by atoms with Gasteiger partial charge in [-0.15, -0.1) is 0 Å². The number of hydrogen-bond acceptors (Lipinski definition) is 3. The maximum atomic E-state index is 10.9. The van der Waals surface area contributed by atoms with Crippen LogP contribution in [0.25, 0.3) is 0 Å². The molecule has 0 fully saturated rings. The number of carbonyl (C=O) groups is 2. The average Bonchev–Trinajstić information content (AvgIpc) is 2.30. The van der Waals surface area contributed by atoms with Crippen molar-refractivity contribution in [3.8, 4) is 5.75 Å². The molecule has 1 aromatic carbocycles. The van der Waals surface area contributed by atoms with E-state index < -0.39 is 17.9 Å². The number of rotatable bonds is 5. The second-order valence-electron chi connectivity index (χ2n) is 4.11. The summed E-state index contributed by atoms with van der Waals surface area (Å²) in [5.41, 5.74) is 2.47. The van der Waals surface area contributed by atoms with Crippen molar-refractivity contribution in [2.45, 2.75) is 20.3 Å². The summed E-state index contributed by atoms with van der Waals surface area (Å²) in [5, 5.41) is 17.7. The Morgan fingerprint density at radius 1 is 1.17 bits per heavy atom. The van der Waals surface area contributed by atoms with Crippen molar-refractivity contribution in [2.24, 2.45) is 5.92 Å². The lowest BCUT2D eigenvalue weighted by molar-refractivity contribution is -0.154. The van der Waals surface area contributed by atoms with E-state index >= 15 is 0 Å². The third-order valence-corrected chi connectivity index (χ3v) is 3.09. The largest absolute Gasteiger partial charge is 0.496 e. The predicted molar refractivity (Wildman–Crippen MR) is 64.9 cm³/mol. The Morgan fingerprint density at radius 3 is 2.17 bits per heavy atom. The van der Waals surface area contributed by atoms with Gasteiger partial charge in [0.05, 0.1) is 7.11 Å². The van der Waals surface area contributed by atoms with Crippen LogP contribution < -0.4 is 4.74 Å². The second-order valence-corrected chi connectivity index (χ2v) is 4.11. The molecule has 0 unspecified atom stereocenters. The first-order valence-corrected chi connectivity index (χ1v) is 5.47. The molecule has 5 heteroatoms. The summed E-state index contributed by atoms with van der Waals surface area (Å²) in [5.74, 6) is -3.36. The summed E-state index contributed by atoms with van der Waals surface area (Å²) in [6, 6.07) is 3.43. The maximum absolute atomic E-state index is 10.9. The zero-order valence-corrected chi connectivity index (χ0v) is 10.6. The third kappa shape index (κ3) is 2.80. The van der Waals surface area contributed by atoms with Crippen molar-refractivity contribution < 1.29 is 24.5 Å². The molecule has 0 radical (unpaired) electrons. The molecule has 0 aliphatic carbocycles. The highest BCUT2D eigenvalue weighted by Gasteiger charge is 2.26. The maximum Gasteiger partial charge on any atom is 0.318 e. The first kappa shape index (κ1) is 14.0. The molecule has 0 heterocycles. The number of carboxylic acid groups (broad SMARTS) is 2. The predicted octanol–water partition coefficient (Wildman–Crippen LogP) is 1.64. The van der Waals surface area contributed by atoms with Crippen LogP contribution in [0.4, 0.5) is 0 Å². The van der Waals surface area contributed by atoms with Crippen molar-refractivity contribution in [2.75, 3.05) is 7.11 Å². The molecule has 98 valence electrons. The zero-order chi connectivity index (χ0) is 13.9. The summed E-state index contributed by atoms with van der Waals surface area (Å²) in [7, 11) is 1.55. The molecular weight excluding hydrogens is 236 g/mol. The Morgan fingerprint density at radius 2 is 1.72 bits per heavy atom. The van der Waals surface area contributed by atoms with E-state index in [1.807, 2.05) is 13.8 Å². The van der Waals surface area contributed by atoms with Crippen LogP contribution in [0.5, 0.6) is 5.75 Å². The Hall–Kier alpha value is -2.04. The van der Waals surface area contributed by atoms with Crippen LogP contribution in [0.15, 0.2) is 12.1 Å². The van der Waals surface area contributed by atoms with E-state index in [0.717, 1.165) is 11.1 Å². The van der Waals surface area contributed by atoms with Gasteiger partial charge in [0.1, 0.15) is 5.75 Å². The first-order valence-electron chi connectivity index (χ1n) is 5.47. The van der Waals surface area contributed by atoms with Gasteiger partial charge in [0.2, 0.25) is 0 Å². The quantitative estimate of drug-likeness (QED) is 0.778. The molecule has 0 aromatic heterocycles. The van der Waals surface area contributed by atoms with E-state index in [9.17, 15) is 9.59 Å². The summed E-state index contributed by atoms with van der Waals surface area (Å²) in [4.78, 5) is 21.7. The highest BCUT2D eigenvalue weighted by atomic mass is 16.5. The summed E-state index contributed by atoms with van der Waals surface area (Å²) >= 11 is 0. The molecule has 0 amide bonds. The van der Waals surface area contributed by atoms with Crippen LogP contribution in [-0.2, 0) is 16.0 Å². The number of methoxy groups -OCH3 is 1. The summed E-state index contributed by atoms with van der Waals surface area (Å²) in [6.07, 6.45) is -0.0265. The van der Waals surface area contributed by atoms with E-state index in [2.05, 4.69) is 0 Å². The highest BCUT2D eigenvalue weighted by molar-refractivity contribution is 5.93. The van der Waals surface area contributed by atoms with Crippen molar-refractivity contribution in [1.82, 2.24) is 0 Å².